The number of nitrogens with one attached hydrogen (secondary N) is 1. The molecule has 3 aromatic carbocycles. The molecule has 166 valence electrons. The number of anilines is 2. The standard InChI is InChI=1S/C24H23ClN2O4S/c1-4-15-27(22-11-7-8-12-23(22)31-3)32(29,30)18-13-14-20(25)19(16-18)24(28)26-21-10-6-5-9-17(21)2/h4-14,16H,1,15H2,2-3H3,(H,26,28). The Morgan fingerprint density at radius 1 is 1.12 bits per heavy atom. The molecule has 0 aliphatic carbocycles. The molecule has 0 radical (unpaired) electrons. The molecule has 6 nitrogen and oxygen atoms in total. The minimum absolute atomic E-state index is 0.00999. The molecule has 0 aliphatic heterocycles. The van der Waals surface area contributed by atoms with E-state index in [1.54, 1.807) is 36.4 Å². The van der Waals surface area contributed by atoms with Crippen molar-refractivity contribution in [1.82, 2.24) is 0 Å². The summed E-state index contributed by atoms with van der Waals surface area (Å²) in [7, 11) is -2.59. The summed E-state index contributed by atoms with van der Waals surface area (Å²) in [6.07, 6.45) is 1.48. The maximum absolute atomic E-state index is 13.5. The SMILES string of the molecule is C=CCN(c1ccccc1OC)S(=O)(=O)c1ccc(Cl)c(C(=O)Nc2ccccc2C)c1. The summed E-state index contributed by atoms with van der Waals surface area (Å²) in [5.41, 5.74) is 1.89. The van der Waals surface area contributed by atoms with E-state index in [1.807, 2.05) is 19.1 Å². The van der Waals surface area contributed by atoms with Crippen LogP contribution in [-0.4, -0.2) is 28.0 Å². The van der Waals surface area contributed by atoms with Crippen molar-refractivity contribution >= 4 is 38.9 Å². The Labute approximate surface area is 193 Å². The average molecular weight is 471 g/mol. The van der Waals surface area contributed by atoms with Crippen molar-refractivity contribution < 1.29 is 17.9 Å². The number of halogens is 1. The molecule has 0 unspecified atom stereocenters. The van der Waals surface area contributed by atoms with Crippen LogP contribution in [0.4, 0.5) is 11.4 Å². The van der Waals surface area contributed by atoms with E-state index in [9.17, 15) is 13.2 Å². The van der Waals surface area contributed by atoms with E-state index in [0.717, 1.165) is 5.56 Å². The maximum atomic E-state index is 13.5. The minimum atomic E-state index is -4.06. The lowest BCUT2D eigenvalue weighted by atomic mass is 10.1. The van der Waals surface area contributed by atoms with Gasteiger partial charge in [-0.15, -0.1) is 6.58 Å². The Hall–Kier alpha value is -3.29. The number of amides is 1. The van der Waals surface area contributed by atoms with Gasteiger partial charge in [-0.25, -0.2) is 8.42 Å². The van der Waals surface area contributed by atoms with Crippen LogP contribution in [0.5, 0.6) is 5.75 Å². The van der Waals surface area contributed by atoms with Gasteiger partial charge >= 0.3 is 0 Å². The molecular weight excluding hydrogens is 448 g/mol. The Balaban J connectivity index is 2.03. The highest BCUT2D eigenvalue weighted by Crippen LogP contribution is 2.33. The van der Waals surface area contributed by atoms with Crippen LogP contribution in [0.3, 0.4) is 0 Å². The van der Waals surface area contributed by atoms with Crippen LogP contribution in [0.2, 0.25) is 5.02 Å². The Morgan fingerprint density at radius 2 is 1.81 bits per heavy atom. The lowest BCUT2D eigenvalue weighted by molar-refractivity contribution is 0.102. The lowest BCUT2D eigenvalue weighted by Crippen LogP contribution is -2.31. The molecule has 8 heteroatoms. The number of para-hydroxylation sites is 3. The molecule has 0 atom stereocenters. The summed E-state index contributed by atoms with van der Waals surface area (Å²) in [5, 5.41) is 2.92. The molecule has 0 bridgehead atoms. The van der Waals surface area contributed by atoms with Crippen molar-refractivity contribution in [3.05, 3.63) is 95.5 Å². The molecule has 0 saturated heterocycles. The van der Waals surface area contributed by atoms with E-state index in [4.69, 9.17) is 16.3 Å². The summed E-state index contributed by atoms with van der Waals surface area (Å²) in [4.78, 5) is 12.8. The predicted octanol–water partition coefficient (Wildman–Crippen LogP) is 5.29. The monoisotopic (exact) mass is 470 g/mol. The van der Waals surface area contributed by atoms with E-state index in [-0.39, 0.29) is 22.0 Å². The maximum Gasteiger partial charge on any atom is 0.264 e. The first-order chi connectivity index (χ1) is 15.3. The molecule has 1 amide bonds. The molecule has 0 aliphatic rings. The second-order valence-electron chi connectivity index (χ2n) is 6.91. The Bertz CT molecular complexity index is 1260. The molecule has 3 aromatic rings. The van der Waals surface area contributed by atoms with E-state index in [1.165, 1.54) is 35.7 Å². The van der Waals surface area contributed by atoms with Gasteiger partial charge in [0.15, 0.2) is 0 Å². The van der Waals surface area contributed by atoms with Gasteiger partial charge in [0.2, 0.25) is 0 Å². The van der Waals surface area contributed by atoms with Crippen LogP contribution >= 0.6 is 11.6 Å². The molecule has 3 rings (SSSR count). The highest BCUT2D eigenvalue weighted by molar-refractivity contribution is 7.92. The van der Waals surface area contributed by atoms with Crippen LogP contribution in [0.15, 0.2) is 84.3 Å². The first-order valence-corrected chi connectivity index (χ1v) is 11.5. The first kappa shape index (κ1) is 23.4. The van der Waals surface area contributed by atoms with E-state index in [2.05, 4.69) is 11.9 Å². The second-order valence-corrected chi connectivity index (χ2v) is 9.18. The number of hydrogen-bond acceptors (Lipinski definition) is 4. The largest absolute Gasteiger partial charge is 0.495 e. The normalized spacial score (nSPS) is 11.0. The van der Waals surface area contributed by atoms with Gasteiger partial charge in [-0.2, -0.15) is 0 Å². The zero-order valence-electron chi connectivity index (χ0n) is 17.7. The summed E-state index contributed by atoms with van der Waals surface area (Å²) >= 11 is 6.25. The second kappa shape index (κ2) is 9.89. The number of rotatable bonds is 8. The molecule has 0 saturated carbocycles. The zero-order valence-corrected chi connectivity index (χ0v) is 19.3. The third kappa shape index (κ3) is 4.79. The topological polar surface area (TPSA) is 75.7 Å². The van der Waals surface area contributed by atoms with Crippen LogP contribution in [0, 0.1) is 6.92 Å². The van der Waals surface area contributed by atoms with E-state index >= 15 is 0 Å². The van der Waals surface area contributed by atoms with E-state index < -0.39 is 15.9 Å². The number of ether oxygens (including phenoxy) is 1. The smallest absolute Gasteiger partial charge is 0.264 e. The molecule has 0 fully saturated rings. The number of carbonyl (C=O) groups is 1. The number of aryl methyl sites for hydroxylation is 1. The molecule has 1 N–H and O–H groups in total. The minimum Gasteiger partial charge on any atom is -0.495 e. The van der Waals surface area contributed by atoms with Gasteiger partial charge < -0.3 is 10.1 Å². The van der Waals surface area contributed by atoms with Gasteiger partial charge in [-0.1, -0.05) is 48.0 Å². The highest BCUT2D eigenvalue weighted by Gasteiger charge is 2.28. The number of benzene rings is 3. The van der Waals surface area contributed by atoms with Crippen LogP contribution in [0.25, 0.3) is 0 Å². The third-order valence-electron chi connectivity index (χ3n) is 4.81. The molecular formula is C24H23ClN2O4S. The number of carbonyl (C=O) groups excluding carboxylic acids is 1. The zero-order chi connectivity index (χ0) is 23.3. The highest BCUT2D eigenvalue weighted by atomic mass is 35.5. The summed E-state index contributed by atoms with van der Waals surface area (Å²) < 4.78 is 33.6. The van der Waals surface area contributed by atoms with Crippen molar-refractivity contribution in [1.29, 1.82) is 0 Å². The number of methoxy groups -OCH3 is 1. The molecule has 0 spiro atoms. The Morgan fingerprint density at radius 3 is 2.50 bits per heavy atom. The first-order valence-electron chi connectivity index (χ1n) is 9.72. The summed E-state index contributed by atoms with van der Waals surface area (Å²) in [5.74, 6) is -0.113. The van der Waals surface area contributed by atoms with Crippen LogP contribution in [0.1, 0.15) is 15.9 Å². The van der Waals surface area contributed by atoms with Gasteiger partial charge in [0.1, 0.15) is 5.75 Å². The van der Waals surface area contributed by atoms with Crippen molar-refractivity contribution in [3.8, 4) is 5.75 Å². The number of sulfonamides is 1. The average Bonchev–Trinajstić information content (AvgIpc) is 2.79. The Kier molecular flexibility index (Phi) is 7.22. The van der Waals surface area contributed by atoms with Gasteiger partial charge in [-0.3, -0.25) is 9.10 Å². The molecule has 0 aromatic heterocycles. The number of hydrogen-bond donors (Lipinski definition) is 1. The lowest BCUT2D eigenvalue weighted by Gasteiger charge is -2.25. The summed E-state index contributed by atoms with van der Waals surface area (Å²) in [6, 6.07) is 18.1. The molecule has 0 heterocycles. The van der Waals surface area contributed by atoms with E-state index in [0.29, 0.717) is 17.1 Å². The van der Waals surface area contributed by atoms with Crippen LogP contribution < -0.4 is 14.4 Å². The number of nitrogens with zero attached hydrogens (tertiary/aromatic N) is 1. The van der Waals surface area contributed by atoms with Gasteiger partial charge in [-0.05, 0) is 48.9 Å². The fourth-order valence-corrected chi connectivity index (χ4v) is 4.82. The van der Waals surface area contributed by atoms with Gasteiger partial charge in [0.05, 0.1) is 34.8 Å². The summed E-state index contributed by atoms with van der Waals surface area (Å²) in [6.45, 7) is 5.54. The van der Waals surface area contributed by atoms with Gasteiger partial charge in [0.25, 0.3) is 15.9 Å². The van der Waals surface area contributed by atoms with Crippen molar-refractivity contribution in [3.63, 3.8) is 0 Å². The van der Waals surface area contributed by atoms with Crippen molar-refractivity contribution in [2.24, 2.45) is 0 Å². The van der Waals surface area contributed by atoms with Crippen molar-refractivity contribution in [2.45, 2.75) is 11.8 Å². The van der Waals surface area contributed by atoms with Gasteiger partial charge in [0, 0.05) is 5.69 Å². The molecule has 32 heavy (non-hydrogen) atoms. The quantitative estimate of drug-likeness (QED) is 0.454. The fourth-order valence-electron chi connectivity index (χ4n) is 3.15. The predicted molar refractivity (Wildman–Crippen MR) is 128 cm³/mol. The fraction of sp³-hybridized carbons (Fsp3) is 0.125. The van der Waals surface area contributed by atoms with Crippen LogP contribution in [-0.2, 0) is 10.0 Å². The third-order valence-corrected chi connectivity index (χ3v) is 6.92. The van der Waals surface area contributed by atoms with Crippen molar-refractivity contribution in [2.75, 3.05) is 23.3 Å².